The van der Waals surface area contributed by atoms with E-state index in [9.17, 15) is 27.9 Å². The zero-order chi connectivity index (χ0) is 26.9. The van der Waals surface area contributed by atoms with Gasteiger partial charge < -0.3 is 14.6 Å². The van der Waals surface area contributed by atoms with Crippen molar-refractivity contribution in [3.63, 3.8) is 0 Å². The summed E-state index contributed by atoms with van der Waals surface area (Å²) in [6.45, 7) is 5.39. The van der Waals surface area contributed by atoms with Crippen LogP contribution in [0.4, 0.5) is 19.0 Å². The van der Waals surface area contributed by atoms with Gasteiger partial charge in [-0.2, -0.15) is 5.10 Å². The average molecular weight is 513 g/mol. The molecule has 8 nitrogen and oxygen atoms in total. The Morgan fingerprint density at radius 3 is 2.14 bits per heavy atom. The molecule has 1 atom stereocenters. The van der Waals surface area contributed by atoms with Gasteiger partial charge in [0.2, 0.25) is 0 Å². The van der Waals surface area contributed by atoms with Crippen molar-refractivity contribution < 1.29 is 37.3 Å². The molecule has 1 unspecified atom stereocenters. The monoisotopic (exact) mass is 513 g/mol. The molecule has 0 fully saturated rings. The number of Topliss-reactive ketones (excluding diaryl/α,β-unsaturated/α-hetero) is 1. The molecule has 1 aliphatic rings. The smallest absolute Gasteiger partial charge is 0.503 e. The Kier molecular flexibility index (Phi) is 6.88. The van der Waals surface area contributed by atoms with E-state index in [1.54, 1.807) is 25.1 Å². The molecule has 2 aromatic carbocycles. The number of carbonyl (C=O) groups is 2. The molecular weight excluding hydrogens is 491 g/mol. The third-order valence-electron chi connectivity index (χ3n) is 5.40. The van der Waals surface area contributed by atoms with E-state index in [2.05, 4.69) is 14.9 Å². The lowest BCUT2D eigenvalue weighted by Gasteiger charge is -2.26. The van der Waals surface area contributed by atoms with Gasteiger partial charge in [0.1, 0.15) is 11.5 Å². The number of rotatable bonds is 7. The molecule has 3 aromatic rings. The highest BCUT2D eigenvalue weighted by molar-refractivity contribution is 6.20. The Morgan fingerprint density at radius 1 is 0.973 bits per heavy atom. The Labute approximate surface area is 210 Å². The zero-order valence-electron chi connectivity index (χ0n) is 20.0. The zero-order valence-corrected chi connectivity index (χ0v) is 20.0. The lowest BCUT2D eigenvalue weighted by molar-refractivity contribution is -0.274. The molecule has 4 rings (SSSR count). The second kappa shape index (κ2) is 9.92. The van der Waals surface area contributed by atoms with Crippen LogP contribution in [-0.2, 0) is 4.79 Å². The first kappa shape index (κ1) is 25.7. The number of nitrogens with zero attached hydrogens (tertiary/aromatic N) is 3. The second-order valence-corrected chi connectivity index (χ2v) is 8.51. The molecule has 0 saturated carbocycles. The van der Waals surface area contributed by atoms with Gasteiger partial charge in [0.25, 0.3) is 5.91 Å². The number of halogens is 3. The molecule has 0 aliphatic carbocycles. The van der Waals surface area contributed by atoms with Crippen LogP contribution in [0.5, 0.6) is 11.5 Å². The normalized spacial score (nSPS) is 15.9. The van der Waals surface area contributed by atoms with E-state index in [1.165, 1.54) is 30.3 Å². The second-order valence-electron chi connectivity index (χ2n) is 8.51. The Hall–Kier alpha value is -4.41. The standard InChI is InChI=1S/C26H22F3N3O5/c1-14(2)36-18-9-7-17(8-10-18)23(33)21-22(16-5-11-19(12-6-16)37-26(27,28)29)32(25(35)24(21)34)20-13-4-15(3)30-31-20/h4-14,22,34H,1-3H3. The number of amides is 1. The van der Waals surface area contributed by atoms with Crippen LogP contribution in [0.3, 0.4) is 0 Å². The third-order valence-corrected chi connectivity index (χ3v) is 5.40. The molecule has 1 N–H and O–H groups in total. The summed E-state index contributed by atoms with van der Waals surface area (Å²) < 4.78 is 47.4. The van der Waals surface area contributed by atoms with Gasteiger partial charge in [0.15, 0.2) is 17.4 Å². The molecule has 1 amide bonds. The summed E-state index contributed by atoms with van der Waals surface area (Å²) in [7, 11) is 0. The summed E-state index contributed by atoms with van der Waals surface area (Å²) in [4.78, 5) is 27.8. The number of aliphatic hydroxyl groups excluding tert-OH is 1. The summed E-state index contributed by atoms with van der Waals surface area (Å²) >= 11 is 0. The fraction of sp³-hybridized carbons (Fsp3) is 0.231. The number of aliphatic hydroxyl groups is 1. The minimum atomic E-state index is -4.89. The predicted octanol–water partition coefficient (Wildman–Crippen LogP) is 5.25. The summed E-state index contributed by atoms with van der Waals surface area (Å²) in [5, 5.41) is 18.8. The highest BCUT2D eigenvalue weighted by atomic mass is 19.4. The van der Waals surface area contributed by atoms with Crippen LogP contribution in [0.15, 0.2) is 72.0 Å². The van der Waals surface area contributed by atoms with E-state index >= 15 is 0 Å². The van der Waals surface area contributed by atoms with E-state index in [4.69, 9.17) is 4.74 Å². The van der Waals surface area contributed by atoms with Crippen molar-refractivity contribution >= 4 is 17.5 Å². The Morgan fingerprint density at radius 2 is 1.59 bits per heavy atom. The van der Waals surface area contributed by atoms with Gasteiger partial charge in [-0.25, -0.2) is 0 Å². The van der Waals surface area contributed by atoms with Crippen molar-refractivity contribution in [1.82, 2.24) is 10.2 Å². The third kappa shape index (κ3) is 5.55. The SMILES string of the molecule is Cc1ccc(N2C(=O)C(O)=C(C(=O)c3ccc(OC(C)C)cc3)C2c2ccc(OC(F)(F)F)cc2)nn1. The molecule has 0 radical (unpaired) electrons. The van der Waals surface area contributed by atoms with E-state index < -0.39 is 35.6 Å². The maximum atomic E-state index is 13.6. The number of hydrogen-bond donors (Lipinski definition) is 1. The van der Waals surface area contributed by atoms with Crippen molar-refractivity contribution in [1.29, 1.82) is 0 Å². The number of alkyl halides is 3. The summed E-state index contributed by atoms with van der Waals surface area (Å²) in [5.74, 6) is -2.25. The van der Waals surface area contributed by atoms with Crippen molar-refractivity contribution in [2.75, 3.05) is 4.90 Å². The summed E-state index contributed by atoms with van der Waals surface area (Å²) in [6, 6.07) is 12.7. The highest BCUT2D eigenvalue weighted by Crippen LogP contribution is 2.42. The Balaban J connectivity index is 1.77. The van der Waals surface area contributed by atoms with Gasteiger partial charge >= 0.3 is 6.36 Å². The predicted molar refractivity (Wildman–Crippen MR) is 126 cm³/mol. The van der Waals surface area contributed by atoms with Crippen LogP contribution in [0.1, 0.15) is 41.5 Å². The van der Waals surface area contributed by atoms with Crippen LogP contribution < -0.4 is 14.4 Å². The van der Waals surface area contributed by atoms with Gasteiger partial charge in [0.05, 0.1) is 23.4 Å². The molecule has 0 bridgehead atoms. The van der Waals surface area contributed by atoms with Crippen LogP contribution in [0.25, 0.3) is 0 Å². The molecule has 1 aliphatic heterocycles. The van der Waals surface area contributed by atoms with Crippen molar-refractivity contribution in [3.05, 3.63) is 88.8 Å². The van der Waals surface area contributed by atoms with Crippen LogP contribution in [0.2, 0.25) is 0 Å². The van der Waals surface area contributed by atoms with Crippen LogP contribution in [-0.4, -0.2) is 39.5 Å². The van der Waals surface area contributed by atoms with Crippen molar-refractivity contribution in [2.45, 2.75) is 39.3 Å². The minimum absolute atomic E-state index is 0.0475. The molecule has 192 valence electrons. The topological polar surface area (TPSA) is 102 Å². The minimum Gasteiger partial charge on any atom is -0.503 e. The highest BCUT2D eigenvalue weighted by Gasteiger charge is 2.45. The number of hydrogen-bond acceptors (Lipinski definition) is 7. The van der Waals surface area contributed by atoms with Gasteiger partial charge in [-0.3, -0.25) is 14.5 Å². The van der Waals surface area contributed by atoms with Gasteiger partial charge in [0, 0.05) is 5.56 Å². The van der Waals surface area contributed by atoms with Crippen LogP contribution >= 0.6 is 0 Å². The molecule has 11 heteroatoms. The first-order chi connectivity index (χ1) is 17.4. The molecule has 37 heavy (non-hydrogen) atoms. The molecule has 0 saturated heterocycles. The molecule has 1 aromatic heterocycles. The number of anilines is 1. The van der Waals surface area contributed by atoms with E-state index in [-0.39, 0.29) is 28.6 Å². The average Bonchev–Trinajstić information content (AvgIpc) is 3.09. The van der Waals surface area contributed by atoms with Gasteiger partial charge in [-0.05, 0) is 74.9 Å². The summed E-state index contributed by atoms with van der Waals surface area (Å²) in [6.07, 6.45) is -4.97. The van der Waals surface area contributed by atoms with E-state index in [0.717, 1.165) is 17.0 Å². The lowest BCUT2D eigenvalue weighted by atomic mass is 9.92. The number of ether oxygens (including phenoxy) is 2. The molecule has 2 heterocycles. The first-order valence-corrected chi connectivity index (χ1v) is 11.2. The largest absolute Gasteiger partial charge is 0.573 e. The van der Waals surface area contributed by atoms with Crippen molar-refractivity contribution in [3.8, 4) is 11.5 Å². The number of carbonyl (C=O) groups excluding carboxylic acids is 2. The molecule has 0 spiro atoms. The molecular formula is C26H22F3N3O5. The van der Waals surface area contributed by atoms with Gasteiger partial charge in [-0.1, -0.05) is 12.1 Å². The van der Waals surface area contributed by atoms with Crippen LogP contribution in [0, 0.1) is 6.92 Å². The van der Waals surface area contributed by atoms with E-state index in [1.807, 2.05) is 13.8 Å². The first-order valence-electron chi connectivity index (χ1n) is 11.2. The van der Waals surface area contributed by atoms with Gasteiger partial charge in [-0.15, -0.1) is 18.3 Å². The maximum absolute atomic E-state index is 13.6. The van der Waals surface area contributed by atoms with E-state index in [0.29, 0.717) is 11.4 Å². The lowest BCUT2D eigenvalue weighted by Crippen LogP contribution is -2.32. The quantitative estimate of drug-likeness (QED) is 0.431. The Bertz CT molecular complexity index is 1340. The summed E-state index contributed by atoms with van der Waals surface area (Å²) in [5.41, 5.74) is 0.730. The number of benzene rings is 2. The fourth-order valence-corrected chi connectivity index (χ4v) is 3.87. The maximum Gasteiger partial charge on any atom is 0.573 e. The number of aromatic nitrogens is 2. The van der Waals surface area contributed by atoms with Crippen molar-refractivity contribution in [2.24, 2.45) is 0 Å². The number of aryl methyl sites for hydroxylation is 1. The number of ketones is 1. The fourth-order valence-electron chi connectivity index (χ4n) is 3.87.